The van der Waals surface area contributed by atoms with E-state index in [0.717, 1.165) is 31.9 Å². The zero-order valence-electron chi connectivity index (χ0n) is 14.5. The van der Waals surface area contributed by atoms with E-state index in [-0.39, 0.29) is 18.3 Å². The molecular weight excluding hydrogens is 289 g/mol. The van der Waals surface area contributed by atoms with Crippen molar-refractivity contribution in [2.45, 2.75) is 38.9 Å². The summed E-state index contributed by atoms with van der Waals surface area (Å²) in [5.74, 6) is 1.99. The number of morpholine rings is 1. The Morgan fingerprint density at radius 3 is 2.35 bits per heavy atom. The van der Waals surface area contributed by atoms with Crippen LogP contribution in [0, 0.1) is 0 Å². The molecule has 0 N–H and O–H groups in total. The highest BCUT2D eigenvalue weighted by Gasteiger charge is 2.49. The second-order valence-corrected chi connectivity index (χ2v) is 7.18. The van der Waals surface area contributed by atoms with Crippen LogP contribution in [0.15, 0.2) is 30.2 Å². The van der Waals surface area contributed by atoms with Gasteiger partial charge in [0.25, 0.3) is 0 Å². The van der Waals surface area contributed by atoms with Crippen LogP contribution in [0.5, 0.6) is 0 Å². The molecule has 3 rings (SSSR count). The summed E-state index contributed by atoms with van der Waals surface area (Å²) in [5.41, 5.74) is 1.81. The maximum atomic E-state index is 6.00. The van der Waals surface area contributed by atoms with E-state index in [1.165, 1.54) is 5.69 Å². The van der Waals surface area contributed by atoms with Crippen LogP contribution < -0.4 is 4.90 Å². The summed E-state index contributed by atoms with van der Waals surface area (Å²) in [6.45, 7) is 11.8. The Bertz CT molecular complexity index is 563. The zero-order valence-corrected chi connectivity index (χ0v) is 14.5. The minimum Gasteiger partial charge on any atom is -0.400 e. The molecule has 4 nitrogen and oxygen atoms in total. The molecule has 1 aromatic carbocycles. The summed E-state index contributed by atoms with van der Waals surface area (Å²) >= 11 is 0. The largest absolute Gasteiger partial charge is 0.487 e. The standard InChI is InChI=1S/C18H26BNO3/c1-17(2)18(3,4)23-19(22-17)9-8-15-6-5-7-16(14-15)20-10-12-21-13-11-20/h5-9,14H,10-13H2,1-4H3. The van der Waals surface area contributed by atoms with Crippen LogP contribution in [-0.4, -0.2) is 44.6 Å². The first-order valence-electron chi connectivity index (χ1n) is 8.34. The molecular formula is C18H26BNO3. The fourth-order valence-electron chi connectivity index (χ4n) is 2.80. The van der Waals surface area contributed by atoms with Crippen molar-refractivity contribution in [3.8, 4) is 0 Å². The molecule has 2 aliphatic rings. The topological polar surface area (TPSA) is 30.9 Å². The molecule has 5 heteroatoms. The van der Waals surface area contributed by atoms with Gasteiger partial charge in [0, 0.05) is 18.8 Å². The Morgan fingerprint density at radius 2 is 1.70 bits per heavy atom. The van der Waals surface area contributed by atoms with Gasteiger partial charge in [-0.1, -0.05) is 24.2 Å². The molecule has 0 spiro atoms. The summed E-state index contributed by atoms with van der Waals surface area (Å²) < 4.78 is 17.4. The van der Waals surface area contributed by atoms with Crippen molar-refractivity contribution < 1.29 is 14.0 Å². The lowest BCUT2D eigenvalue weighted by Gasteiger charge is -2.32. The quantitative estimate of drug-likeness (QED) is 0.802. The second-order valence-electron chi connectivity index (χ2n) is 7.18. The molecule has 2 fully saturated rings. The lowest BCUT2D eigenvalue weighted by Crippen LogP contribution is -2.41. The maximum Gasteiger partial charge on any atom is 0.487 e. The Kier molecular flexibility index (Phi) is 4.54. The lowest BCUT2D eigenvalue weighted by molar-refractivity contribution is 0.00578. The molecule has 0 saturated carbocycles. The molecule has 2 heterocycles. The molecule has 2 saturated heterocycles. The van der Waals surface area contributed by atoms with Gasteiger partial charge in [0.1, 0.15) is 0 Å². The van der Waals surface area contributed by atoms with E-state index in [2.05, 4.69) is 62.9 Å². The molecule has 0 aliphatic carbocycles. The maximum absolute atomic E-state index is 6.00. The predicted molar refractivity (Wildman–Crippen MR) is 94.6 cm³/mol. The summed E-state index contributed by atoms with van der Waals surface area (Å²) in [6, 6.07) is 8.55. The normalized spacial score (nSPS) is 23.7. The van der Waals surface area contributed by atoms with Crippen LogP contribution >= 0.6 is 0 Å². The number of hydrogen-bond acceptors (Lipinski definition) is 4. The second kappa shape index (κ2) is 6.31. The van der Waals surface area contributed by atoms with Crippen molar-refractivity contribution in [2.75, 3.05) is 31.2 Å². The van der Waals surface area contributed by atoms with Crippen LogP contribution in [0.4, 0.5) is 5.69 Å². The molecule has 23 heavy (non-hydrogen) atoms. The Balaban J connectivity index is 1.69. The molecule has 0 amide bonds. The van der Waals surface area contributed by atoms with Gasteiger partial charge in [0.15, 0.2) is 0 Å². The molecule has 0 atom stereocenters. The van der Waals surface area contributed by atoms with Crippen molar-refractivity contribution in [1.82, 2.24) is 0 Å². The highest BCUT2D eigenvalue weighted by molar-refractivity contribution is 6.52. The van der Waals surface area contributed by atoms with Gasteiger partial charge >= 0.3 is 7.12 Å². The van der Waals surface area contributed by atoms with Crippen LogP contribution in [0.1, 0.15) is 33.3 Å². The SMILES string of the molecule is CC1(C)OB(C=Cc2cccc(N3CCOCC3)c2)OC1(C)C. The molecule has 0 unspecified atom stereocenters. The van der Waals surface area contributed by atoms with Crippen LogP contribution in [0.3, 0.4) is 0 Å². The van der Waals surface area contributed by atoms with Gasteiger partial charge in [-0.2, -0.15) is 0 Å². The molecule has 0 radical (unpaired) electrons. The number of benzene rings is 1. The van der Waals surface area contributed by atoms with Crippen LogP contribution in [0.2, 0.25) is 0 Å². The van der Waals surface area contributed by atoms with Crippen molar-refractivity contribution in [3.05, 3.63) is 35.8 Å². The first kappa shape index (κ1) is 16.6. The van der Waals surface area contributed by atoms with Gasteiger partial charge < -0.3 is 18.9 Å². The van der Waals surface area contributed by atoms with E-state index in [9.17, 15) is 0 Å². The third kappa shape index (κ3) is 3.62. The molecule has 0 aromatic heterocycles. The van der Waals surface area contributed by atoms with Crippen molar-refractivity contribution in [3.63, 3.8) is 0 Å². The van der Waals surface area contributed by atoms with Crippen LogP contribution in [-0.2, 0) is 14.0 Å². The average molecular weight is 315 g/mol. The first-order valence-corrected chi connectivity index (χ1v) is 8.34. The summed E-state index contributed by atoms with van der Waals surface area (Å²) in [7, 11) is -0.299. The number of rotatable bonds is 3. The van der Waals surface area contributed by atoms with Gasteiger partial charge in [-0.25, -0.2) is 0 Å². The zero-order chi connectivity index (χ0) is 16.5. The minimum absolute atomic E-state index is 0.294. The van der Waals surface area contributed by atoms with E-state index in [4.69, 9.17) is 14.0 Å². The highest BCUT2D eigenvalue weighted by atomic mass is 16.7. The number of nitrogens with zero attached hydrogens (tertiary/aromatic N) is 1. The number of ether oxygens (including phenoxy) is 1. The van der Waals surface area contributed by atoms with Gasteiger partial charge in [-0.05, 0) is 45.4 Å². The first-order chi connectivity index (χ1) is 10.9. The summed E-state index contributed by atoms with van der Waals surface area (Å²) in [5, 5.41) is 0. The molecule has 2 aliphatic heterocycles. The fraction of sp³-hybridized carbons (Fsp3) is 0.556. The number of anilines is 1. The van der Waals surface area contributed by atoms with E-state index < -0.39 is 0 Å². The number of hydrogen-bond donors (Lipinski definition) is 0. The average Bonchev–Trinajstić information content (AvgIpc) is 2.74. The predicted octanol–water partition coefficient (Wildman–Crippen LogP) is 3.17. The van der Waals surface area contributed by atoms with E-state index in [0.29, 0.717) is 0 Å². The Hall–Kier alpha value is -1.30. The van der Waals surface area contributed by atoms with Crippen molar-refractivity contribution >= 4 is 18.9 Å². The van der Waals surface area contributed by atoms with Crippen molar-refractivity contribution in [2.24, 2.45) is 0 Å². The molecule has 1 aromatic rings. The molecule has 124 valence electrons. The summed E-state index contributed by atoms with van der Waals surface area (Å²) in [6.07, 6.45) is 2.08. The third-order valence-corrected chi connectivity index (χ3v) is 4.96. The van der Waals surface area contributed by atoms with Crippen LogP contribution in [0.25, 0.3) is 6.08 Å². The van der Waals surface area contributed by atoms with E-state index in [1.54, 1.807) is 0 Å². The van der Waals surface area contributed by atoms with E-state index in [1.807, 2.05) is 5.98 Å². The van der Waals surface area contributed by atoms with Gasteiger partial charge in [0.05, 0.1) is 24.4 Å². The third-order valence-electron chi connectivity index (χ3n) is 4.96. The Labute approximate surface area is 139 Å². The highest BCUT2D eigenvalue weighted by Crippen LogP contribution is 2.37. The van der Waals surface area contributed by atoms with Gasteiger partial charge in [-0.15, -0.1) is 0 Å². The van der Waals surface area contributed by atoms with Gasteiger partial charge in [-0.3, -0.25) is 0 Å². The summed E-state index contributed by atoms with van der Waals surface area (Å²) in [4.78, 5) is 2.36. The lowest BCUT2D eigenvalue weighted by atomic mass is 9.89. The van der Waals surface area contributed by atoms with E-state index >= 15 is 0 Å². The fourth-order valence-corrected chi connectivity index (χ4v) is 2.80. The molecule has 0 bridgehead atoms. The monoisotopic (exact) mass is 315 g/mol. The van der Waals surface area contributed by atoms with Crippen molar-refractivity contribution in [1.29, 1.82) is 0 Å². The minimum atomic E-state index is -0.299. The Morgan fingerprint density at radius 1 is 1.04 bits per heavy atom. The van der Waals surface area contributed by atoms with Gasteiger partial charge in [0.2, 0.25) is 0 Å². The smallest absolute Gasteiger partial charge is 0.400 e.